The van der Waals surface area contributed by atoms with Crippen LogP contribution in [0.3, 0.4) is 0 Å². The molecule has 1 amide bonds. The monoisotopic (exact) mass is 510 g/mol. The molecule has 7 nitrogen and oxygen atoms in total. The zero-order valence-corrected chi connectivity index (χ0v) is 21.4. The molecular weight excluding hydrogens is 480 g/mol. The predicted molar refractivity (Wildman–Crippen MR) is 145 cm³/mol. The summed E-state index contributed by atoms with van der Waals surface area (Å²) in [4.78, 5) is 31.7. The molecule has 3 aromatic carbocycles. The van der Waals surface area contributed by atoms with E-state index in [1.54, 1.807) is 12.0 Å². The van der Waals surface area contributed by atoms with E-state index in [0.29, 0.717) is 25.3 Å². The van der Waals surface area contributed by atoms with Crippen molar-refractivity contribution in [3.05, 3.63) is 107 Å². The number of aliphatic hydroxyl groups is 1. The van der Waals surface area contributed by atoms with Crippen molar-refractivity contribution >= 4 is 22.6 Å². The van der Waals surface area contributed by atoms with E-state index in [4.69, 9.17) is 9.47 Å². The molecule has 0 saturated carbocycles. The normalized spacial score (nSPS) is 15.4. The van der Waals surface area contributed by atoms with Gasteiger partial charge >= 0.3 is 0 Å². The van der Waals surface area contributed by atoms with Crippen LogP contribution in [0.2, 0.25) is 0 Å². The quantitative estimate of drug-likeness (QED) is 0.301. The molecule has 38 heavy (non-hydrogen) atoms. The van der Waals surface area contributed by atoms with Gasteiger partial charge in [0.2, 0.25) is 0 Å². The number of carbonyl (C=O) groups is 2. The zero-order valence-electron chi connectivity index (χ0n) is 21.4. The number of benzene rings is 3. The maximum atomic E-state index is 13.5. The molecule has 1 aliphatic heterocycles. The number of methoxy groups -OCH3 is 1. The second kappa shape index (κ2) is 10.8. The van der Waals surface area contributed by atoms with E-state index in [9.17, 15) is 14.7 Å². The number of aromatic amines is 1. The number of aromatic nitrogens is 1. The van der Waals surface area contributed by atoms with Gasteiger partial charge in [-0.2, -0.15) is 0 Å². The topological polar surface area (TPSA) is 91.9 Å². The molecule has 1 aliphatic rings. The Morgan fingerprint density at radius 3 is 2.47 bits per heavy atom. The average molecular weight is 511 g/mol. The van der Waals surface area contributed by atoms with E-state index in [0.717, 1.165) is 33.3 Å². The van der Waals surface area contributed by atoms with Gasteiger partial charge in [0.05, 0.1) is 25.3 Å². The standard InChI is InChI=1S/C31H30N2O5/c1-3-38-23-11-9-21(10-12-23)29-28(27(34)17-20-7-5-4-6-8-20)30(35)31(36)33(29)16-15-22-19-32-26-14-13-24(37-2)18-25(22)26/h4-14,18-19,29,32,35H,3,15-17H2,1-2H3/t29-/m1/s1. The van der Waals surface area contributed by atoms with Gasteiger partial charge in [-0.1, -0.05) is 42.5 Å². The van der Waals surface area contributed by atoms with Crippen molar-refractivity contribution in [2.75, 3.05) is 20.3 Å². The van der Waals surface area contributed by atoms with E-state index >= 15 is 0 Å². The van der Waals surface area contributed by atoms with Crippen molar-refractivity contribution in [1.82, 2.24) is 9.88 Å². The summed E-state index contributed by atoms with van der Waals surface area (Å²) in [6.07, 6.45) is 2.54. The Morgan fingerprint density at radius 1 is 1.03 bits per heavy atom. The lowest BCUT2D eigenvalue weighted by Crippen LogP contribution is -2.33. The second-order valence-corrected chi connectivity index (χ2v) is 9.23. The maximum absolute atomic E-state index is 13.5. The van der Waals surface area contributed by atoms with Crippen LogP contribution in [0.4, 0.5) is 0 Å². The van der Waals surface area contributed by atoms with Crippen LogP contribution in [0.1, 0.15) is 29.7 Å². The Bertz CT molecular complexity index is 1490. The third-order valence-corrected chi connectivity index (χ3v) is 6.92. The molecule has 0 spiro atoms. The fourth-order valence-corrected chi connectivity index (χ4v) is 5.04. The van der Waals surface area contributed by atoms with Crippen LogP contribution in [-0.4, -0.2) is 46.9 Å². The van der Waals surface area contributed by atoms with Gasteiger partial charge < -0.3 is 24.5 Å². The predicted octanol–water partition coefficient (Wildman–Crippen LogP) is 5.33. The number of rotatable bonds is 10. The van der Waals surface area contributed by atoms with Crippen molar-refractivity contribution in [3.63, 3.8) is 0 Å². The van der Waals surface area contributed by atoms with Crippen LogP contribution in [-0.2, 0) is 22.4 Å². The van der Waals surface area contributed by atoms with Gasteiger partial charge in [0.15, 0.2) is 11.5 Å². The van der Waals surface area contributed by atoms with Gasteiger partial charge in [0.25, 0.3) is 5.91 Å². The highest BCUT2D eigenvalue weighted by molar-refractivity contribution is 6.09. The first-order chi connectivity index (χ1) is 18.5. The number of fused-ring (bicyclic) bond motifs is 1. The molecule has 5 rings (SSSR count). The molecule has 0 radical (unpaired) electrons. The lowest BCUT2D eigenvalue weighted by molar-refractivity contribution is -0.129. The highest BCUT2D eigenvalue weighted by atomic mass is 16.5. The zero-order chi connectivity index (χ0) is 26.6. The third-order valence-electron chi connectivity index (χ3n) is 6.92. The Hall–Kier alpha value is -4.52. The molecule has 2 heterocycles. The number of H-pyrrole nitrogens is 1. The first-order valence-corrected chi connectivity index (χ1v) is 12.7. The largest absolute Gasteiger partial charge is 0.503 e. The number of nitrogens with one attached hydrogen (secondary N) is 1. The molecule has 2 N–H and O–H groups in total. The third kappa shape index (κ3) is 4.87. The van der Waals surface area contributed by atoms with Crippen LogP contribution < -0.4 is 9.47 Å². The van der Waals surface area contributed by atoms with Crippen molar-refractivity contribution in [3.8, 4) is 11.5 Å². The first-order valence-electron chi connectivity index (χ1n) is 12.7. The highest BCUT2D eigenvalue weighted by Crippen LogP contribution is 2.39. The molecule has 0 fully saturated rings. The number of ketones is 1. The second-order valence-electron chi connectivity index (χ2n) is 9.23. The molecular formula is C31H30N2O5. The summed E-state index contributed by atoms with van der Waals surface area (Å²) in [5, 5.41) is 12.0. The summed E-state index contributed by atoms with van der Waals surface area (Å²) in [6, 6.07) is 21.8. The Labute approximate surface area is 221 Å². The highest BCUT2D eigenvalue weighted by Gasteiger charge is 2.43. The molecule has 0 saturated heterocycles. The molecule has 0 bridgehead atoms. The van der Waals surface area contributed by atoms with Crippen LogP contribution in [0, 0.1) is 0 Å². The van der Waals surface area contributed by atoms with Crippen molar-refractivity contribution < 1.29 is 24.2 Å². The number of amides is 1. The molecule has 0 unspecified atom stereocenters. The average Bonchev–Trinajstić information content (AvgIpc) is 3.46. The van der Waals surface area contributed by atoms with Crippen molar-refractivity contribution in [1.29, 1.82) is 0 Å². The van der Waals surface area contributed by atoms with Gasteiger partial charge in [-0.05, 0) is 60.4 Å². The number of carbonyl (C=O) groups excluding carboxylic acids is 2. The molecule has 194 valence electrons. The summed E-state index contributed by atoms with van der Waals surface area (Å²) >= 11 is 0. The van der Waals surface area contributed by atoms with Crippen molar-refractivity contribution in [2.45, 2.75) is 25.8 Å². The SMILES string of the molecule is CCOc1ccc([C@@H]2C(C(=O)Cc3ccccc3)=C(O)C(=O)N2CCc2c[nH]c3ccc(OC)cc23)cc1. The van der Waals surface area contributed by atoms with E-state index in [1.807, 2.05) is 85.9 Å². The summed E-state index contributed by atoms with van der Waals surface area (Å²) in [6.45, 7) is 2.75. The lowest BCUT2D eigenvalue weighted by atomic mass is 9.93. The summed E-state index contributed by atoms with van der Waals surface area (Å²) < 4.78 is 11.0. The first kappa shape index (κ1) is 25.1. The van der Waals surface area contributed by atoms with Gasteiger partial charge in [-0.25, -0.2) is 0 Å². The van der Waals surface area contributed by atoms with Crippen LogP contribution in [0.25, 0.3) is 10.9 Å². The van der Waals surface area contributed by atoms with E-state index in [-0.39, 0.29) is 17.8 Å². The Kier molecular flexibility index (Phi) is 7.18. The number of aliphatic hydroxyl groups excluding tert-OH is 1. The van der Waals surface area contributed by atoms with E-state index in [2.05, 4.69) is 4.98 Å². The minimum Gasteiger partial charge on any atom is -0.503 e. The number of Topliss-reactive ketones (excluding diaryl/α,β-unsaturated/α-hetero) is 1. The number of hydrogen-bond donors (Lipinski definition) is 2. The minimum atomic E-state index is -0.700. The molecule has 1 aromatic heterocycles. The Morgan fingerprint density at radius 2 is 1.76 bits per heavy atom. The lowest BCUT2D eigenvalue weighted by Gasteiger charge is -2.27. The minimum absolute atomic E-state index is 0.0944. The Balaban J connectivity index is 1.47. The van der Waals surface area contributed by atoms with E-state index in [1.165, 1.54) is 0 Å². The van der Waals surface area contributed by atoms with Gasteiger partial charge in [-0.3, -0.25) is 9.59 Å². The van der Waals surface area contributed by atoms with Crippen LogP contribution in [0.5, 0.6) is 11.5 Å². The van der Waals surface area contributed by atoms with Gasteiger partial charge in [-0.15, -0.1) is 0 Å². The van der Waals surface area contributed by atoms with Crippen LogP contribution in [0.15, 0.2) is 90.3 Å². The fourth-order valence-electron chi connectivity index (χ4n) is 5.04. The number of ether oxygens (including phenoxy) is 2. The fraction of sp³-hybridized carbons (Fsp3) is 0.226. The van der Waals surface area contributed by atoms with Gasteiger partial charge in [0, 0.05) is 30.1 Å². The smallest absolute Gasteiger partial charge is 0.290 e. The maximum Gasteiger partial charge on any atom is 0.290 e. The molecule has 1 atom stereocenters. The summed E-state index contributed by atoms with van der Waals surface area (Å²) in [5.41, 5.74) is 3.67. The molecule has 0 aliphatic carbocycles. The summed E-state index contributed by atoms with van der Waals surface area (Å²) in [7, 11) is 1.63. The van der Waals surface area contributed by atoms with Crippen LogP contribution >= 0.6 is 0 Å². The van der Waals surface area contributed by atoms with Crippen molar-refractivity contribution in [2.24, 2.45) is 0 Å². The van der Waals surface area contributed by atoms with E-state index < -0.39 is 17.7 Å². The number of hydrogen-bond acceptors (Lipinski definition) is 5. The molecule has 7 heteroatoms. The number of nitrogens with zero attached hydrogens (tertiary/aromatic N) is 1. The molecule has 4 aromatic rings. The van der Waals surface area contributed by atoms with Gasteiger partial charge in [0.1, 0.15) is 11.5 Å². The summed E-state index contributed by atoms with van der Waals surface area (Å²) in [5.74, 6) is 0.143.